The largest absolute Gasteiger partial charge is 0.478 e. The van der Waals surface area contributed by atoms with Gasteiger partial charge in [0, 0.05) is 6.54 Å². The zero-order valence-corrected chi connectivity index (χ0v) is 11.1. The Morgan fingerprint density at radius 2 is 2.05 bits per heavy atom. The highest BCUT2D eigenvalue weighted by Crippen LogP contribution is 2.33. The predicted molar refractivity (Wildman–Crippen MR) is 77.7 cm³/mol. The average molecular weight is 286 g/mol. The molecule has 0 radical (unpaired) electrons. The molecule has 3 rings (SSSR count). The third-order valence-electron chi connectivity index (χ3n) is 3.23. The van der Waals surface area contributed by atoms with Crippen LogP contribution in [0.15, 0.2) is 36.4 Å². The minimum atomic E-state index is -1.02. The summed E-state index contributed by atoms with van der Waals surface area (Å²) in [5.74, 6) is 0.383. The van der Waals surface area contributed by atoms with Gasteiger partial charge in [0.1, 0.15) is 0 Å². The number of fused-ring (bicyclic) bond motifs is 1. The number of carbonyl (C=O) groups is 1. The zero-order chi connectivity index (χ0) is 14.8. The van der Waals surface area contributed by atoms with Gasteiger partial charge in [0.05, 0.1) is 16.9 Å². The van der Waals surface area contributed by atoms with Gasteiger partial charge in [-0.15, -0.1) is 0 Å². The highest BCUT2D eigenvalue weighted by Gasteiger charge is 2.15. The summed E-state index contributed by atoms with van der Waals surface area (Å²) in [4.78, 5) is 11.2. The second kappa shape index (κ2) is 5.24. The number of aromatic carboxylic acids is 1. The maximum absolute atomic E-state index is 11.2. The highest BCUT2D eigenvalue weighted by atomic mass is 16.7. The van der Waals surface area contributed by atoms with Crippen LogP contribution in [-0.4, -0.2) is 17.9 Å². The smallest absolute Gasteiger partial charge is 0.337 e. The molecule has 1 heterocycles. The Morgan fingerprint density at radius 3 is 2.86 bits per heavy atom. The summed E-state index contributed by atoms with van der Waals surface area (Å²) >= 11 is 0. The van der Waals surface area contributed by atoms with Crippen molar-refractivity contribution in [2.45, 2.75) is 6.54 Å². The first-order valence-electron chi connectivity index (χ1n) is 6.39. The van der Waals surface area contributed by atoms with Gasteiger partial charge in [-0.25, -0.2) is 4.79 Å². The van der Waals surface area contributed by atoms with E-state index in [1.807, 2.05) is 18.2 Å². The molecule has 21 heavy (non-hydrogen) atoms. The Balaban J connectivity index is 1.80. The van der Waals surface area contributed by atoms with Gasteiger partial charge in [0.15, 0.2) is 11.5 Å². The molecule has 2 aromatic rings. The number of para-hydroxylation sites is 1. The highest BCUT2D eigenvalue weighted by molar-refractivity contribution is 5.97. The minimum absolute atomic E-state index is 0.149. The molecular formula is C15H14N2O4. The molecule has 108 valence electrons. The third kappa shape index (κ3) is 2.55. The van der Waals surface area contributed by atoms with E-state index in [0.717, 1.165) is 5.56 Å². The molecule has 0 saturated heterocycles. The van der Waals surface area contributed by atoms with E-state index in [4.69, 9.17) is 15.2 Å². The molecule has 0 bridgehead atoms. The van der Waals surface area contributed by atoms with Crippen molar-refractivity contribution in [2.75, 3.05) is 17.8 Å². The number of carboxylic acid groups (broad SMARTS) is 1. The van der Waals surface area contributed by atoms with Crippen molar-refractivity contribution in [3.8, 4) is 11.5 Å². The van der Waals surface area contributed by atoms with E-state index in [2.05, 4.69) is 5.32 Å². The van der Waals surface area contributed by atoms with Gasteiger partial charge in [0.25, 0.3) is 0 Å². The quantitative estimate of drug-likeness (QED) is 0.747. The number of nitrogens with one attached hydrogen (secondary N) is 1. The number of rotatable bonds is 4. The number of benzene rings is 2. The Morgan fingerprint density at radius 1 is 1.24 bits per heavy atom. The van der Waals surface area contributed by atoms with Gasteiger partial charge in [-0.05, 0) is 29.8 Å². The average Bonchev–Trinajstić information content (AvgIpc) is 2.93. The fourth-order valence-electron chi connectivity index (χ4n) is 2.19. The van der Waals surface area contributed by atoms with E-state index in [-0.39, 0.29) is 12.4 Å². The van der Waals surface area contributed by atoms with Crippen LogP contribution in [-0.2, 0) is 6.54 Å². The Labute approximate surface area is 121 Å². The number of carboxylic acids is 1. The maximum atomic E-state index is 11.2. The van der Waals surface area contributed by atoms with Crippen LogP contribution in [0.3, 0.4) is 0 Å². The first kappa shape index (κ1) is 13.1. The SMILES string of the molecule is Nc1cccc(C(=O)O)c1NCc1ccc2c(c1)OCO2. The molecule has 4 N–H and O–H groups in total. The summed E-state index contributed by atoms with van der Waals surface area (Å²) in [5, 5.41) is 12.3. The Kier molecular flexibility index (Phi) is 3.27. The van der Waals surface area contributed by atoms with Gasteiger partial charge in [0.2, 0.25) is 6.79 Å². The molecule has 6 heteroatoms. The number of anilines is 2. The van der Waals surface area contributed by atoms with Crippen molar-refractivity contribution in [1.29, 1.82) is 0 Å². The fraction of sp³-hybridized carbons (Fsp3) is 0.133. The van der Waals surface area contributed by atoms with Gasteiger partial charge in [-0.1, -0.05) is 12.1 Å². The lowest BCUT2D eigenvalue weighted by Crippen LogP contribution is -2.09. The van der Waals surface area contributed by atoms with E-state index in [9.17, 15) is 9.90 Å². The van der Waals surface area contributed by atoms with Crippen molar-refractivity contribution in [2.24, 2.45) is 0 Å². The van der Waals surface area contributed by atoms with E-state index in [1.54, 1.807) is 12.1 Å². The van der Waals surface area contributed by atoms with Crippen LogP contribution in [0.5, 0.6) is 11.5 Å². The van der Waals surface area contributed by atoms with Crippen LogP contribution < -0.4 is 20.5 Å². The monoisotopic (exact) mass is 286 g/mol. The molecule has 0 aliphatic carbocycles. The van der Waals surface area contributed by atoms with Gasteiger partial charge in [-0.3, -0.25) is 0 Å². The molecule has 2 aromatic carbocycles. The van der Waals surface area contributed by atoms with Crippen LogP contribution >= 0.6 is 0 Å². The summed E-state index contributed by atoms with van der Waals surface area (Å²) in [6, 6.07) is 10.4. The predicted octanol–water partition coefficient (Wildman–Crippen LogP) is 2.31. The third-order valence-corrected chi connectivity index (χ3v) is 3.23. The lowest BCUT2D eigenvalue weighted by molar-refractivity contribution is 0.0698. The molecule has 6 nitrogen and oxygen atoms in total. The van der Waals surface area contributed by atoms with E-state index >= 15 is 0 Å². The topological polar surface area (TPSA) is 93.8 Å². The van der Waals surface area contributed by atoms with Gasteiger partial charge >= 0.3 is 5.97 Å². The Bertz CT molecular complexity index is 700. The molecule has 0 amide bonds. The van der Waals surface area contributed by atoms with E-state index in [1.165, 1.54) is 6.07 Å². The summed E-state index contributed by atoms with van der Waals surface area (Å²) in [6.45, 7) is 0.659. The van der Waals surface area contributed by atoms with Crippen LogP contribution in [0.25, 0.3) is 0 Å². The summed E-state index contributed by atoms with van der Waals surface area (Å²) < 4.78 is 10.6. The van der Waals surface area contributed by atoms with Crippen molar-refractivity contribution in [3.63, 3.8) is 0 Å². The molecule has 0 unspecified atom stereocenters. The van der Waals surface area contributed by atoms with Crippen molar-refractivity contribution < 1.29 is 19.4 Å². The number of nitrogen functional groups attached to an aromatic ring is 1. The zero-order valence-electron chi connectivity index (χ0n) is 11.1. The molecule has 0 spiro atoms. The first-order chi connectivity index (χ1) is 10.1. The second-order valence-corrected chi connectivity index (χ2v) is 4.62. The molecule has 1 aliphatic rings. The summed E-state index contributed by atoms with van der Waals surface area (Å²) in [7, 11) is 0. The lowest BCUT2D eigenvalue weighted by Gasteiger charge is -2.12. The van der Waals surface area contributed by atoms with Crippen LogP contribution in [0.1, 0.15) is 15.9 Å². The number of nitrogens with two attached hydrogens (primary N) is 1. The number of hydrogen-bond donors (Lipinski definition) is 3. The molecule has 0 saturated carbocycles. The summed E-state index contributed by atoms with van der Waals surface area (Å²) in [6.07, 6.45) is 0. The van der Waals surface area contributed by atoms with E-state index < -0.39 is 5.97 Å². The first-order valence-corrected chi connectivity index (χ1v) is 6.39. The van der Waals surface area contributed by atoms with Crippen molar-refractivity contribution in [3.05, 3.63) is 47.5 Å². The number of ether oxygens (including phenoxy) is 2. The van der Waals surface area contributed by atoms with Gasteiger partial charge < -0.3 is 25.6 Å². The van der Waals surface area contributed by atoms with Crippen LogP contribution in [0.4, 0.5) is 11.4 Å². The molecule has 1 aliphatic heterocycles. The standard InChI is InChI=1S/C15H14N2O4/c16-11-3-1-2-10(15(18)19)14(11)17-7-9-4-5-12-13(6-9)21-8-20-12/h1-6,17H,7-8,16H2,(H,18,19). The molecule has 0 fully saturated rings. The van der Waals surface area contributed by atoms with Crippen molar-refractivity contribution in [1.82, 2.24) is 0 Å². The summed E-state index contributed by atoms with van der Waals surface area (Å²) in [5.41, 5.74) is 7.75. The molecule has 0 aromatic heterocycles. The van der Waals surface area contributed by atoms with Crippen molar-refractivity contribution >= 4 is 17.3 Å². The normalized spacial score (nSPS) is 12.2. The molecule has 0 atom stereocenters. The Hall–Kier alpha value is -2.89. The number of hydrogen-bond acceptors (Lipinski definition) is 5. The maximum Gasteiger partial charge on any atom is 0.337 e. The fourth-order valence-corrected chi connectivity index (χ4v) is 2.19. The van der Waals surface area contributed by atoms with Crippen LogP contribution in [0.2, 0.25) is 0 Å². The lowest BCUT2D eigenvalue weighted by atomic mass is 10.1. The van der Waals surface area contributed by atoms with E-state index in [0.29, 0.717) is 29.4 Å². The van der Waals surface area contributed by atoms with Crippen LogP contribution in [0, 0.1) is 0 Å². The minimum Gasteiger partial charge on any atom is -0.478 e. The van der Waals surface area contributed by atoms with Gasteiger partial charge in [-0.2, -0.15) is 0 Å². The second-order valence-electron chi connectivity index (χ2n) is 4.62. The molecular weight excluding hydrogens is 272 g/mol.